The Bertz CT molecular complexity index is 751. The molecule has 50 heavy (non-hydrogen) atoms. The zero-order chi connectivity index (χ0) is 36.8. The van der Waals surface area contributed by atoms with Gasteiger partial charge in [0.05, 0.1) is 0 Å². The molecule has 0 aliphatic carbocycles. The number of esters is 3. The van der Waals surface area contributed by atoms with Gasteiger partial charge in [0.2, 0.25) is 0 Å². The molecule has 0 bridgehead atoms. The fraction of sp³-hybridized carbons (Fsp3) is 0.932. The van der Waals surface area contributed by atoms with Crippen molar-refractivity contribution in [3.05, 3.63) is 0 Å². The van der Waals surface area contributed by atoms with Crippen LogP contribution in [-0.4, -0.2) is 37.2 Å². The Morgan fingerprint density at radius 1 is 0.380 bits per heavy atom. The quantitative estimate of drug-likeness (QED) is 0.0359. The zero-order valence-electron chi connectivity index (χ0n) is 33.9. The second-order valence-corrected chi connectivity index (χ2v) is 15.5. The number of ether oxygens (including phenoxy) is 3. The molecular formula is C44H84O6. The molecule has 0 amide bonds. The van der Waals surface area contributed by atoms with Gasteiger partial charge in [-0.15, -0.1) is 0 Å². The summed E-state index contributed by atoms with van der Waals surface area (Å²) in [7, 11) is 0. The largest absolute Gasteiger partial charge is 0.462 e. The molecule has 0 saturated carbocycles. The van der Waals surface area contributed by atoms with Crippen LogP contribution in [0.3, 0.4) is 0 Å². The molecule has 0 N–H and O–H groups in total. The SMILES string of the molecule is CCCCCCCCCCCCCCC(=O)OC[C@H](COC(=O)CCCCCCCCCCCCC)OC(=O)CCCCCCCCC(C)C. The summed E-state index contributed by atoms with van der Waals surface area (Å²) < 4.78 is 16.7. The normalized spacial score (nSPS) is 11.9. The highest BCUT2D eigenvalue weighted by Crippen LogP contribution is 2.15. The molecule has 0 radical (unpaired) electrons. The van der Waals surface area contributed by atoms with Gasteiger partial charge in [-0.3, -0.25) is 14.4 Å². The minimum absolute atomic E-state index is 0.0651. The Labute approximate surface area is 310 Å². The van der Waals surface area contributed by atoms with Crippen LogP contribution in [0.5, 0.6) is 0 Å². The van der Waals surface area contributed by atoms with Crippen molar-refractivity contribution in [1.82, 2.24) is 0 Å². The van der Waals surface area contributed by atoms with Crippen LogP contribution < -0.4 is 0 Å². The molecule has 1 atom stereocenters. The van der Waals surface area contributed by atoms with Crippen LogP contribution in [0, 0.1) is 5.92 Å². The van der Waals surface area contributed by atoms with E-state index in [9.17, 15) is 14.4 Å². The summed E-state index contributed by atoms with van der Waals surface area (Å²) in [6, 6.07) is 0. The number of carbonyl (C=O) groups excluding carboxylic acids is 3. The standard InChI is InChI=1S/C44H84O6/c1-5-7-9-11-13-15-17-19-21-23-28-32-36-43(46)49-39-41(50-44(47)37-33-29-25-24-26-30-34-40(3)4)38-48-42(45)35-31-27-22-20-18-16-14-12-10-8-6-2/h40-41H,5-39H2,1-4H3/t41-/m0/s1. The van der Waals surface area contributed by atoms with E-state index in [-0.39, 0.29) is 31.1 Å². The van der Waals surface area contributed by atoms with Crippen LogP contribution in [0.25, 0.3) is 0 Å². The maximum absolute atomic E-state index is 12.6. The summed E-state index contributed by atoms with van der Waals surface area (Å²) in [4.78, 5) is 37.6. The molecule has 0 fully saturated rings. The lowest BCUT2D eigenvalue weighted by Gasteiger charge is -2.18. The highest BCUT2D eigenvalue weighted by molar-refractivity contribution is 5.71. The van der Waals surface area contributed by atoms with Crippen molar-refractivity contribution in [2.75, 3.05) is 13.2 Å². The predicted molar refractivity (Wildman–Crippen MR) is 210 cm³/mol. The molecule has 0 heterocycles. The molecular weight excluding hydrogens is 624 g/mol. The molecule has 0 aliphatic rings. The maximum atomic E-state index is 12.6. The van der Waals surface area contributed by atoms with Crippen LogP contribution >= 0.6 is 0 Å². The summed E-state index contributed by atoms with van der Waals surface area (Å²) in [6.07, 6.45) is 36.7. The Hall–Kier alpha value is -1.59. The van der Waals surface area contributed by atoms with Crippen LogP contribution in [0.4, 0.5) is 0 Å². The van der Waals surface area contributed by atoms with Crippen molar-refractivity contribution in [3.63, 3.8) is 0 Å². The zero-order valence-corrected chi connectivity index (χ0v) is 33.9. The second kappa shape index (κ2) is 38.6. The Kier molecular flexibility index (Phi) is 37.4. The fourth-order valence-corrected chi connectivity index (χ4v) is 6.45. The van der Waals surface area contributed by atoms with Gasteiger partial charge >= 0.3 is 17.9 Å². The molecule has 6 heteroatoms. The topological polar surface area (TPSA) is 78.9 Å². The number of unbranched alkanes of at least 4 members (excludes halogenated alkanes) is 26. The summed E-state index contributed by atoms with van der Waals surface area (Å²) >= 11 is 0. The fourth-order valence-electron chi connectivity index (χ4n) is 6.45. The number of hydrogen-bond donors (Lipinski definition) is 0. The third kappa shape index (κ3) is 37.7. The molecule has 0 aliphatic heterocycles. The summed E-state index contributed by atoms with van der Waals surface area (Å²) in [6.45, 7) is 8.91. The highest BCUT2D eigenvalue weighted by atomic mass is 16.6. The molecule has 6 nitrogen and oxygen atoms in total. The lowest BCUT2D eigenvalue weighted by molar-refractivity contribution is -0.167. The van der Waals surface area contributed by atoms with E-state index >= 15 is 0 Å². The summed E-state index contributed by atoms with van der Waals surface area (Å²) in [5.41, 5.74) is 0. The molecule has 0 aromatic carbocycles. The van der Waals surface area contributed by atoms with E-state index in [2.05, 4.69) is 27.7 Å². The van der Waals surface area contributed by atoms with Gasteiger partial charge in [0.1, 0.15) is 13.2 Å². The van der Waals surface area contributed by atoms with Gasteiger partial charge in [-0.2, -0.15) is 0 Å². The van der Waals surface area contributed by atoms with Crippen LogP contribution in [-0.2, 0) is 28.6 Å². The smallest absolute Gasteiger partial charge is 0.306 e. The molecule has 0 saturated heterocycles. The highest BCUT2D eigenvalue weighted by Gasteiger charge is 2.19. The third-order valence-electron chi connectivity index (χ3n) is 9.79. The van der Waals surface area contributed by atoms with Gasteiger partial charge in [-0.1, -0.05) is 201 Å². The van der Waals surface area contributed by atoms with Crippen LogP contribution in [0.1, 0.15) is 240 Å². The number of carbonyl (C=O) groups is 3. The van der Waals surface area contributed by atoms with Gasteiger partial charge in [0.25, 0.3) is 0 Å². The first-order valence-electron chi connectivity index (χ1n) is 21.9. The third-order valence-corrected chi connectivity index (χ3v) is 9.79. The monoisotopic (exact) mass is 709 g/mol. The molecule has 0 rings (SSSR count). The summed E-state index contributed by atoms with van der Waals surface area (Å²) in [5.74, 6) is -0.103. The van der Waals surface area contributed by atoms with E-state index in [1.54, 1.807) is 0 Å². The molecule has 0 aromatic rings. The predicted octanol–water partition coefficient (Wildman–Crippen LogP) is 13.6. The van der Waals surface area contributed by atoms with Crippen LogP contribution in [0.15, 0.2) is 0 Å². The van der Waals surface area contributed by atoms with E-state index in [0.29, 0.717) is 19.3 Å². The maximum Gasteiger partial charge on any atom is 0.306 e. The van der Waals surface area contributed by atoms with Crippen LogP contribution in [0.2, 0.25) is 0 Å². The van der Waals surface area contributed by atoms with E-state index < -0.39 is 6.10 Å². The van der Waals surface area contributed by atoms with Crippen molar-refractivity contribution >= 4 is 17.9 Å². The first-order valence-corrected chi connectivity index (χ1v) is 21.9. The van der Waals surface area contributed by atoms with Crippen molar-refractivity contribution in [2.45, 2.75) is 246 Å². The molecule has 0 aromatic heterocycles. The van der Waals surface area contributed by atoms with Gasteiger partial charge in [-0.05, 0) is 25.2 Å². The molecule has 0 unspecified atom stereocenters. The average Bonchev–Trinajstić information content (AvgIpc) is 3.09. The summed E-state index contributed by atoms with van der Waals surface area (Å²) in [5, 5.41) is 0. The Morgan fingerprint density at radius 3 is 0.980 bits per heavy atom. The first-order chi connectivity index (χ1) is 24.4. The lowest BCUT2D eigenvalue weighted by atomic mass is 10.0. The second-order valence-electron chi connectivity index (χ2n) is 15.5. The van der Waals surface area contributed by atoms with Gasteiger partial charge in [0, 0.05) is 19.3 Å². The van der Waals surface area contributed by atoms with E-state index in [0.717, 1.165) is 63.7 Å². The van der Waals surface area contributed by atoms with Gasteiger partial charge < -0.3 is 14.2 Å². The van der Waals surface area contributed by atoms with Gasteiger partial charge in [-0.25, -0.2) is 0 Å². The van der Waals surface area contributed by atoms with E-state index in [1.165, 1.54) is 135 Å². The molecule has 296 valence electrons. The van der Waals surface area contributed by atoms with Crippen molar-refractivity contribution in [3.8, 4) is 0 Å². The Morgan fingerprint density at radius 2 is 0.660 bits per heavy atom. The number of rotatable bonds is 39. The minimum Gasteiger partial charge on any atom is -0.462 e. The number of hydrogen-bond acceptors (Lipinski definition) is 6. The molecule has 0 spiro atoms. The van der Waals surface area contributed by atoms with Crippen molar-refractivity contribution in [1.29, 1.82) is 0 Å². The minimum atomic E-state index is -0.759. The first kappa shape index (κ1) is 48.4. The van der Waals surface area contributed by atoms with E-state index in [1.807, 2.05) is 0 Å². The van der Waals surface area contributed by atoms with Crippen molar-refractivity contribution in [2.24, 2.45) is 5.92 Å². The van der Waals surface area contributed by atoms with Crippen molar-refractivity contribution < 1.29 is 28.6 Å². The van der Waals surface area contributed by atoms with Gasteiger partial charge in [0.15, 0.2) is 6.10 Å². The Balaban J connectivity index is 4.32. The average molecular weight is 709 g/mol. The lowest BCUT2D eigenvalue weighted by Crippen LogP contribution is -2.30. The van der Waals surface area contributed by atoms with E-state index in [4.69, 9.17) is 14.2 Å².